The van der Waals surface area contributed by atoms with Gasteiger partial charge in [-0.1, -0.05) is 26.2 Å². The fourth-order valence-corrected chi connectivity index (χ4v) is 3.96. The average molecular weight is 424 g/mol. The summed E-state index contributed by atoms with van der Waals surface area (Å²) in [5.74, 6) is 0.243. The van der Waals surface area contributed by atoms with E-state index in [4.69, 9.17) is 1.37 Å². The topological polar surface area (TPSA) is 73.1 Å². The van der Waals surface area contributed by atoms with Crippen LogP contribution in [0.25, 0.3) is 17.9 Å². The Morgan fingerprint density at radius 1 is 0.812 bits per heavy atom. The van der Waals surface area contributed by atoms with Crippen LogP contribution in [0.5, 0.6) is 0 Å². The number of nitrogens with one attached hydrogen (secondary N) is 1. The number of H-pyrrole nitrogens is 1. The summed E-state index contributed by atoms with van der Waals surface area (Å²) in [7, 11) is 0. The van der Waals surface area contributed by atoms with Crippen molar-refractivity contribution in [2.24, 2.45) is 15.0 Å². The van der Waals surface area contributed by atoms with Gasteiger partial charge in [0.05, 0.1) is 40.9 Å². The van der Waals surface area contributed by atoms with Crippen molar-refractivity contribution >= 4 is 35.0 Å². The van der Waals surface area contributed by atoms with E-state index in [1.165, 1.54) is 0 Å². The highest BCUT2D eigenvalue weighted by Gasteiger charge is 2.10. The second-order valence-electron chi connectivity index (χ2n) is 8.17. The summed E-state index contributed by atoms with van der Waals surface area (Å²) < 4.78 is 8.78. The van der Waals surface area contributed by atoms with Crippen molar-refractivity contribution in [1.82, 2.24) is 4.98 Å². The van der Waals surface area contributed by atoms with Crippen LogP contribution >= 0.6 is 0 Å². The molecule has 160 valence electrons. The second kappa shape index (κ2) is 8.79. The Balaban J connectivity index is 1.66. The molecule has 0 saturated carbocycles. The number of nitrogens with zero attached hydrogens (tertiary/aromatic N) is 3. The van der Waals surface area contributed by atoms with Crippen molar-refractivity contribution in [3.05, 3.63) is 88.0 Å². The number of aliphatic imine (C=N–C) groups is 3. The van der Waals surface area contributed by atoms with Crippen LogP contribution in [0.2, 0.25) is 0 Å². The zero-order chi connectivity index (χ0) is 22.8. The molecule has 2 N–H and O–H groups in total. The van der Waals surface area contributed by atoms with Gasteiger partial charge in [-0.05, 0) is 73.2 Å². The summed E-state index contributed by atoms with van der Waals surface area (Å²) in [5.41, 5.74) is 5.41. The number of rotatable bonds is 5. The molecule has 5 heterocycles. The van der Waals surface area contributed by atoms with Gasteiger partial charge in [-0.2, -0.15) is 0 Å². The SMILES string of the molecule is [2H]c1c2[nH]c(c1=C(O)CCCCCC)=CC1=NC(=CC3=NC(=CC4=NC(=C2)C=C4)C=C3)C=C1. The van der Waals surface area contributed by atoms with Crippen LogP contribution < -0.4 is 10.6 Å². The molecule has 0 unspecified atom stereocenters. The van der Waals surface area contributed by atoms with Gasteiger partial charge in [-0.25, -0.2) is 15.0 Å². The normalized spacial score (nSPS) is 19.6. The number of fused-ring (bicyclic) bond motifs is 5. The van der Waals surface area contributed by atoms with Crippen LogP contribution in [0, 0.1) is 0 Å². The molecule has 1 aromatic heterocycles. The molecule has 4 aliphatic rings. The van der Waals surface area contributed by atoms with E-state index >= 15 is 0 Å². The minimum atomic E-state index is 0.243. The first-order valence-corrected chi connectivity index (χ1v) is 11.2. The second-order valence-corrected chi connectivity index (χ2v) is 8.17. The molecule has 0 spiro atoms. The monoisotopic (exact) mass is 423 g/mol. The molecule has 32 heavy (non-hydrogen) atoms. The molecule has 8 bridgehead atoms. The molecule has 4 aliphatic heterocycles. The Morgan fingerprint density at radius 2 is 1.41 bits per heavy atom. The molecule has 0 aliphatic carbocycles. The fourth-order valence-electron chi connectivity index (χ4n) is 3.96. The van der Waals surface area contributed by atoms with Crippen LogP contribution in [0.3, 0.4) is 0 Å². The van der Waals surface area contributed by atoms with Gasteiger partial charge in [-0.15, -0.1) is 0 Å². The highest BCUT2D eigenvalue weighted by atomic mass is 16.3. The van der Waals surface area contributed by atoms with Gasteiger partial charge < -0.3 is 10.1 Å². The van der Waals surface area contributed by atoms with Crippen molar-refractivity contribution in [2.75, 3.05) is 0 Å². The number of aliphatic hydroxyl groups excluding tert-OH is 1. The summed E-state index contributed by atoms with van der Waals surface area (Å²) in [6.45, 7) is 2.17. The predicted octanol–water partition coefficient (Wildman–Crippen LogP) is 4.59. The molecule has 0 aromatic carbocycles. The van der Waals surface area contributed by atoms with E-state index in [-0.39, 0.29) is 11.8 Å². The summed E-state index contributed by atoms with van der Waals surface area (Å²) in [6, 6.07) is 0.271. The first kappa shape index (κ1) is 19.0. The number of unbranched alkanes of at least 4 members (excludes halogenated alkanes) is 3. The third kappa shape index (κ3) is 4.47. The van der Waals surface area contributed by atoms with Crippen molar-refractivity contribution < 1.29 is 6.48 Å². The van der Waals surface area contributed by atoms with Crippen molar-refractivity contribution in [3.63, 3.8) is 0 Å². The van der Waals surface area contributed by atoms with Crippen LogP contribution in [0.15, 0.2) is 86.7 Å². The number of hydrogen-bond acceptors (Lipinski definition) is 4. The van der Waals surface area contributed by atoms with E-state index in [9.17, 15) is 5.11 Å². The van der Waals surface area contributed by atoms with Crippen LogP contribution in [0.1, 0.15) is 46.1 Å². The summed E-state index contributed by atoms with van der Waals surface area (Å²) >= 11 is 0. The van der Waals surface area contributed by atoms with E-state index in [1.807, 2.05) is 60.8 Å². The number of aromatic nitrogens is 1. The van der Waals surface area contributed by atoms with E-state index in [1.54, 1.807) is 0 Å². The Bertz CT molecular complexity index is 1400. The van der Waals surface area contributed by atoms with E-state index in [0.717, 1.165) is 59.9 Å². The van der Waals surface area contributed by atoms with Gasteiger partial charge in [0.1, 0.15) is 5.76 Å². The minimum Gasteiger partial charge on any atom is -0.512 e. The zero-order valence-electron chi connectivity index (χ0n) is 19.1. The van der Waals surface area contributed by atoms with Crippen molar-refractivity contribution in [2.45, 2.75) is 39.0 Å². The fraction of sp³-hybridized carbons (Fsp3) is 0.222. The number of aromatic amines is 1. The molecule has 0 amide bonds. The molecular formula is C27H26N4O. The Hall–Kier alpha value is -3.73. The van der Waals surface area contributed by atoms with Gasteiger partial charge in [0.2, 0.25) is 0 Å². The minimum absolute atomic E-state index is 0.243. The van der Waals surface area contributed by atoms with E-state index in [2.05, 4.69) is 26.9 Å². The first-order chi connectivity index (χ1) is 16.1. The zero-order valence-corrected chi connectivity index (χ0v) is 18.1. The molecule has 0 atom stereocenters. The molecular weight excluding hydrogens is 396 g/mol. The molecule has 5 rings (SSSR count). The smallest absolute Gasteiger partial charge is 0.102 e. The first-order valence-electron chi connectivity index (χ1n) is 11.7. The van der Waals surface area contributed by atoms with Crippen molar-refractivity contribution in [1.29, 1.82) is 0 Å². The summed E-state index contributed by atoms with van der Waals surface area (Å²) in [5, 5.41) is 12.1. The number of allylic oxidation sites excluding steroid dienone is 8. The molecule has 5 heteroatoms. The molecule has 0 fully saturated rings. The van der Waals surface area contributed by atoms with Crippen molar-refractivity contribution in [3.8, 4) is 0 Å². The summed E-state index contributed by atoms with van der Waals surface area (Å²) in [4.78, 5) is 17.3. The lowest BCUT2D eigenvalue weighted by atomic mass is 10.1. The molecule has 0 saturated heterocycles. The van der Waals surface area contributed by atoms with Gasteiger partial charge in [-0.3, -0.25) is 0 Å². The van der Waals surface area contributed by atoms with Crippen LogP contribution in [0.4, 0.5) is 0 Å². The van der Waals surface area contributed by atoms with E-state index in [0.29, 0.717) is 22.7 Å². The predicted molar refractivity (Wildman–Crippen MR) is 133 cm³/mol. The largest absolute Gasteiger partial charge is 0.512 e. The number of aliphatic hydroxyl groups is 1. The lowest BCUT2D eigenvalue weighted by Crippen LogP contribution is -2.26. The maximum absolute atomic E-state index is 10.9. The standard InChI is InChI=1S/C27H26N4O/c1-2-3-4-5-6-27(32)25-16-24-15-22-10-9-20(29-22)13-18-7-8-19(28-18)14-21-11-12-23(30-21)17-26(25)31-24/h7-17,31-32H,2-6H2,1H3/i16D. The Kier molecular flexibility index (Phi) is 5.22. The molecule has 1 aromatic rings. The highest BCUT2D eigenvalue weighted by Crippen LogP contribution is 2.18. The number of hydrogen-bond donors (Lipinski definition) is 2. The molecule has 5 nitrogen and oxygen atoms in total. The van der Waals surface area contributed by atoms with Crippen LogP contribution in [-0.2, 0) is 0 Å². The van der Waals surface area contributed by atoms with Gasteiger partial charge >= 0.3 is 0 Å². The average Bonchev–Trinajstić information content (AvgIpc) is 3.57. The molecule has 0 radical (unpaired) electrons. The Morgan fingerprint density at radius 3 is 2.03 bits per heavy atom. The lowest BCUT2D eigenvalue weighted by molar-refractivity contribution is 0.468. The third-order valence-corrected chi connectivity index (χ3v) is 5.58. The maximum Gasteiger partial charge on any atom is 0.102 e. The highest BCUT2D eigenvalue weighted by molar-refractivity contribution is 6.20. The quantitative estimate of drug-likeness (QED) is 0.668. The van der Waals surface area contributed by atoms with Gasteiger partial charge in [0, 0.05) is 17.3 Å². The van der Waals surface area contributed by atoms with Crippen LogP contribution in [-0.4, -0.2) is 27.2 Å². The van der Waals surface area contributed by atoms with E-state index < -0.39 is 0 Å². The van der Waals surface area contributed by atoms with Gasteiger partial charge in [0.15, 0.2) is 0 Å². The maximum atomic E-state index is 10.9. The Labute approximate surface area is 188 Å². The lowest BCUT2D eigenvalue weighted by Gasteiger charge is -1.99. The third-order valence-electron chi connectivity index (χ3n) is 5.58. The van der Waals surface area contributed by atoms with Gasteiger partial charge in [0.25, 0.3) is 0 Å². The summed E-state index contributed by atoms with van der Waals surface area (Å²) in [6.07, 6.45) is 24.0.